The lowest BCUT2D eigenvalue weighted by molar-refractivity contribution is -0.138. The zero-order valence-electron chi connectivity index (χ0n) is 15.2. The van der Waals surface area contributed by atoms with Crippen molar-refractivity contribution in [1.29, 1.82) is 0 Å². The minimum absolute atomic E-state index is 0.172. The van der Waals surface area contributed by atoms with Crippen molar-refractivity contribution in [3.05, 3.63) is 96.3 Å². The lowest BCUT2D eigenvalue weighted by atomic mass is 10.1. The Hall–Kier alpha value is -3.41. The summed E-state index contributed by atoms with van der Waals surface area (Å²) < 4.78 is 44.8. The van der Waals surface area contributed by atoms with Gasteiger partial charge in [0, 0.05) is 11.4 Å². The van der Waals surface area contributed by atoms with Gasteiger partial charge in [0.1, 0.15) is 17.3 Å². The van der Waals surface area contributed by atoms with Crippen LogP contribution in [-0.2, 0) is 6.18 Å². The first-order valence-corrected chi connectivity index (χ1v) is 8.55. The molecule has 0 bridgehead atoms. The molecule has 0 radical (unpaired) electrons. The zero-order valence-corrected chi connectivity index (χ0v) is 15.2. The molecule has 3 rings (SSSR count). The van der Waals surface area contributed by atoms with Crippen LogP contribution in [0.25, 0.3) is 0 Å². The number of hydrogen-bond acceptors (Lipinski definition) is 3. The molecule has 3 aromatic carbocycles. The Kier molecular flexibility index (Phi) is 5.59. The maximum Gasteiger partial charge on any atom is 0.416 e. The van der Waals surface area contributed by atoms with Gasteiger partial charge in [0.2, 0.25) is 0 Å². The molecule has 28 heavy (non-hydrogen) atoms. The number of anilines is 2. The first-order chi connectivity index (χ1) is 13.3. The molecule has 3 nitrogen and oxygen atoms in total. The highest BCUT2D eigenvalue weighted by Gasteiger charge is 2.32. The molecule has 0 atom stereocenters. The van der Waals surface area contributed by atoms with Crippen molar-refractivity contribution in [2.24, 2.45) is 0 Å². The standard InChI is InChI=1S/C22H19F3N2O/c1-15-8-9-18(14-21(15)22(23,24)25)27-16(2)26-17-10-12-20(13-11-17)28-19-6-4-3-5-7-19/h3-14,26-27H,2H2,1H3. The molecule has 0 aliphatic heterocycles. The molecule has 0 aliphatic carbocycles. The minimum atomic E-state index is -4.40. The van der Waals surface area contributed by atoms with E-state index in [9.17, 15) is 13.2 Å². The maximum atomic E-state index is 13.0. The second-order valence-electron chi connectivity index (χ2n) is 6.20. The number of aryl methyl sites for hydroxylation is 1. The van der Waals surface area contributed by atoms with Gasteiger partial charge in [0.15, 0.2) is 0 Å². The van der Waals surface area contributed by atoms with Gasteiger partial charge in [0.05, 0.1) is 5.56 Å². The van der Waals surface area contributed by atoms with Gasteiger partial charge < -0.3 is 15.4 Å². The highest BCUT2D eigenvalue weighted by molar-refractivity contribution is 5.58. The molecule has 0 aromatic heterocycles. The zero-order chi connectivity index (χ0) is 20.1. The average Bonchev–Trinajstić information content (AvgIpc) is 2.65. The van der Waals surface area contributed by atoms with Gasteiger partial charge in [0.25, 0.3) is 0 Å². The molecule has 0 spiro atoms. The Labute approximate surface area is 161 Å². The first kappa shape index (κ1) is 19.4. The number of halogens is 3. The van der Waals surface area contributed by atoms with Gasteiger partial charge in [-0.15, -0.1) is 0 Å². The van der Waals surface area contributed by atoms with Crippen LogP contribution in [0.4, 0.5) is 24.5 Å². The minimum Gasteiger partial charge on any atom is -0.457 e. The van der Waals surface area contributed by atoms with Crippen molar-refractivity contribution < 1.29 is 17.9 Å². The fourth-order valence-electron chi connectivity index (χ4n) is 2.62. The van der Waals surface area contributed by atoms with Crippen LogP contribution >= 0.6 is 0 Å². The number of rotatable bonds is 6. The van der Waals surface area contributed by atoms with Crippen molar-refractivity contribution in [3.63, 3.8) is 0 Å². The number of hydrogen-bond donors (Lipinski definition) is 2. The summed E-state index contributed by atoms with van der Waals surface area (Å²) in [5, 5.41) is 5.86. The third-order valence-corrected chi connectivity index (χ3v) is 3.97. The Morgan fingerprint density at radius 3 is 2.04 bits per heavy atom. The molecular formula is C22H19F3N2O. The lowest BCUT2D eigenvalue weighted by Crippen LogP contribution is -2.11. The van der Waals surface area contributed by atoms with Crippen molar-refractivity contribution in [3.8, 4) is 11.5 Å². The van der Waals surface area contributed by atoms with Crippen molar-refractivity contribution in [2.45, 2.75) is 13.1 Å². The van der Waals surface area contributed by atoms with Crippen LogP contribution < -0.4 is 15.4 Å². The monoisotopic (exact) mass is 384 g/mol. The van der Waals surface area contributed by atoms with Crippen LogP contribution in [0, 0.1) is 6.92 Å². The van der Waals surface area contributed by atoms with E-state index in [0.717, 1.165) is 17.5 Å². The average molecular weight is 384 g/mol. The Balaban J connectivity index is 1.62. The Morgan fingerprint density at radius 1 is 0.821 bits per heavy atom. The first-order valence-electron chi connectivity index (χ1n) is 8.55. The van der Waals surface area contributed by atoms with Crippen LogP contribution in [0.15, 0.2) is 85.2 Å². The third kappa shape index (κ3) is 5.07. The van der Waals surface area contributed by atoms with E-state index in [1.807, 2.05) is 30.3 Å². The second kappa shape index (κ2) is 8.08. The predicted octanol–water partition coefficient (Wildman–Crippen LogP) is 6.80. The number of nitrogens with one attached hydrogen (secondary N) is 2. The molecule has 0 fully saturated rings. The highest BCUT2D eigenvalue weighted by Crippen LogP contribution is 2.33. The van der Waals surface area contributed by atoms with Crippen LogP contribution in [0.1, 0.15) is 11.1 Å². The molecule has 3 aromatic rings. The fourth-order valence-corrected chi connectivity index (χ4v) is 2.62. The van der Waals surface area contributed by atoms with Crippen LogP contribution in [0.3, 0.4) is 0 Å². The molecule has 0 unspecified atom stereocenters. The fraction of sp³-hybridized carbons (Fsp3) is 0.0909. The van der Waals surface area contributed by atoms with E-state index in [4.69, 9.17) is 4.74 Å². The quantitative estimate of drug-likeness (QED) is 0.490. The van der Waals surface area contributed by atoms with Gasteiger partial charge in [-0.05, 0) is 61.0 Å². The summed E-state index contributed by atoms with van der Waals surface area (Å²) in [5.74, 6) is 1.76. The Morgan fingerprint density at radius 2 is 1.39 bits per heavy atom. The van der Waals surface area contributed by atoms with E-state index in [1.54, 1.807) is 30.3 Å². The molecular weight excluding hydrogens is 365 g/mol. The molecule has 0 aliphatic rings. The van der Waals surface area contributed by atoms with Crippen LogP contribution in [0.5, 0.6) is 11.5 Å². The van der Waals surface area contributed by atoms with E-state index < -0.39 is 11.7 Å². The van der Waals surface area contributed by atoms with Crippen LogP contribution in [0.2, 0.25) is 0 Å². The van der Waals surface area contributed by atoms with Gasteiger partial charge in [-0.1, -0.05) is 30.8 Å². The largest absolute Gasteiger partial charge is 0.457 e. The number of para-hydroxylation sites is 1. The smallest absolute Gasteiger partial charge is 0.416 e. The van der Waals surface area contributed by atoms with Gasteiger partial charge in [-0.3, -0.25) is 0 Å². The molecule has 0 heterocycles. The molecule has 0 saturated carbocycles. The molecule has 2 N–H and O–H groups in total. The summed E-state index contributed by atoms with van der Waals surface area (Å²) in [4.78, 5) is 0. The maximum absolute atomic E-state index is 13.0. The molecule has 6 heteroatoms. The molecule has 0 amide bonds. The molecule has 144 valence electrons. The lowest BCUT2D eigenvalue weighted by Gasteiger charge is -2.16. The predicted molar refractivity (Wildman–Crippen MR) is 106 cm³/mol. The van der Waals surface area contributed by atoms with Gasteiger partial charge in [-0.25, -0.2) is 0 Å². The number of ether oxygens (including phenoxy) is 1. The topological polar surface area (TPSA) is 33.3 Å². The van der Waals surface area contributed by atoms with Gasteiger partial charge in [-0.2, -0.15) is 13.2 Å². The highest BCUT2D eigenvalue weighted by atomic mass is 19.4. The number of alkyl halides is 3. The van der Waals surface area contributed by atoms with Gasteiger partial charge >= 0.3 is 6.18 Å². The summed E-state index contributed by atoms with van der Waals surface area (Å²) in [6.45, 7) is 5.24. The van der Waals surface area contributed by atoms with E-state index >= 15 is 0 Å². The van der Waals surface area contributed by atoms with Crippen molar-refractivity contribution in [2.75, 3.05) is 10.6 Å². The third-order valence-electron chi connectivity index (χ3n) is 3.97. The van der Waals surface area contributed by atoms with E-state index in [1.165, 1.54) is 13.0 Å². The summed E-state index contributed by atoms with van der Waals surface area (Å²) >= 11 is 0. The SMILES string of the molecule is C=C(Nc1ccc(Oc2ccccc2)cc1)Nc1ccc(C)c(C(F)(F)F)c1. The molecule has 0 saturated heterocycles. The summed E-state index contributed by atoms with van der Waals surface area (Å²) in [6.07, 6.45) is -4.40. The van der Waals surface area contributed by atoms with E-state index in [0.29, 0.717) is 17.3 Å². The van der Waals surface area contributed by atoms with Crippen LogP contribution in [-0.4, -0.2) is 0 Å². The Bertz CT molecular complexity index is 952. The summed E-state index contributed by atoms with van der Waals surface area (Å²) in [5.41, 5.74) is 0.527. The second-order valence-corrected chi connectivity index (χ2v) is 6.20. The normalized spacial score (nSPS) is 11.0. The van der Waals surface area contributed by atoms with Crippen molar-refractivity contribution in [1.82, 2.24) is 0 Å². The van der Waals surface area contributed by atoms with E-state index in [-0.39, 0.29) is 5.56 Å². The summed E-state index contributed by atoms with van der Waals surface area (Å²) in [6, 6.07) is 20.6. The number of benzene rings is 3. The summed E-state index contributed by atoms with van der Waals surface area (Å²) in [7, 11) is 0. The van der Waals surface area contributed by atoms with Crippen molar-refractivity contribution >= 4 is 11.4 Å². The van der Waals surface area contributed by atoms with E-state index in [2.05, 4.69) is 17.2 Å².